The van der Waals surface area contributed by atoms with Gasteiger partial charge in [-0.15, -0.1) is 0 Å². The Hall–Kier alpha value is -1.84. The molecule has 2 aromatic rings. The van der Waals surface area contributed by atoms with Gasteiger partial charge in [0.15, 0.2) is 5.11 Å². The Morgan fingerprint density at radius 2 is 1.96 bits per heavy atom. The number of alkyl halides is 3. The minimum Gasteiger partial charge on any atom is -0.493 e. The van der Waals surface area contributed by atoms with Crippen LogP contribution in [0.3, 0.4) is 0 Å². The lowest BCUT2D eigenvalue weighted by molar-refractivity contribution is -0.137. The van der Waals surface area contributed by atoms with E-state index >= 15 is 0 Å². The molecule has 2 rings (SSSR count). The van der Waals surface area contributed by atoms with Crippen LogP contribution in [0.2, 0.25) is 5.02 Å². The molecule has 0 saturated carbocycles. The fraction of sp³-hybridized carbons (Fsp3) is 0.222. The molecule has 150 valence electrons. The second-order valence-corrected chi connectivity index (χ2v) is 7.32. The van der Waals surface area contributed by atoms with Crippen LogP contribution in [0, 0.1) is 0 Å². The summed E-state index contributed by atoms with van der Waals surface area (Å²) < 4.78 is 44.8. The van der Waals surface area contributed by atoms with Crippen molar-refractivity contribution in [2.24, 2.45) is 0 Å². The van der Waals surface area contributed by atoms with Crippen molar-refractivity contribution in [1.82, 2.24) is 5.32 Å². The van der Waals surface area contributed by atoms with Gasteiger partial charge >= 0.3 is 6.18 Å². The maximum absolute atomic E-state index is 12.9. The molecular formula is C18H15BrClF3N2O2S. The van der Waals surface area contributed by atoms with Crippen molar-refractivity contribution < 1.29 is 22.7 Å². The van der Waals surface area contributed by atoms with E-state index in [-0.39, 0.29) is 21.4 Å². The molecule has 0 fully saturated rings. The minimum absolute atomic E-state index is 0.0269. The number of hydrogen-bond donors (Lipinski definition) is 2. The summed E-state index contributed by atoms with van der Waals surface area (Å²) in [5.41, 5.74) is -0.739. The van der Waals surface area contributed by atoms with E-state index in [1.807, 2.05) is 6.92 Å². The Morgan fingerprint density at radius 3 is 2.61 bits per heavy atom. The van der Waals surface area contributed by atoms with Gasteiger partial charge in [-0.1, -0.05) is 34.5 Å². The van der Waals surface area contributed by atoms with Gasteiger partial charge in [0.1, 0.15) is 5.75 Å². The number of halogens is 5. The number of ether oxygens (including phenoxy) is 1. The van der Waals surface area contributed by atoms with Gasteiger partial charge in [-0.3, -0.25) is 10.1 Å². The molecule has 0 atom stereocenters. The fourth-order valence-electron chi connectivity index (χ4n) is 2.14. The quantitative estimate of drug-likeness (QED) is 0.497. The lowest BCUT2D eigenvalue weighted by atomic mass is 10.2. The van der Waals surface area contributed by atoms with Crippen molar-refractivity contribution in [3.8, 4) is 5.75 Å². The van der Waals surface area contributed by atoms with E-state index < -0.39 is 17.6 Å². The van der Waals surface area contributed by atoms with E-state index in [1.165, 1.54) is 0 Å². The van der Waals surface area contributed by atoms with Gasteiger partial charge in [0, 0.05) is 4.47 Å². The molecule has 0 bridgehead atoms. The Labute approximate surface area is 178 Å². The maximum atomic E-state index is 12.9. The summed E-state index contributed by atoms with van der Waals surface area (Å²) in [7, 11) is 0. The molecule has 4 nitrogen and oxygen atoms in total. The maximum Gasteiger partial charge on any atom is 0.416 e. The van der Waals surface area contributed by atoms with Gasteiger partial charge in [-0.05, 0) is 55.0 Å². The van der Waals surface area contributed by atoms with Gasteiger partial charge < -0.3 is 10.1 Å². The largest absolute Gasteiger partial charge is 0.493 e. The Balaban J connectivity index is 2.16. The molecule has 0 aliphatic carbocycles. The molecule has 0 heterocycles. The summed E-state index contributed by atoms with van der Waals surface area (Å²) in [6.07, 6.45) is -3.78. The molecule has 0 aliphatic heterocycles. The third-order valence-electron chi connectivity index (χ3n) is 3.42. The summed E-state index contributed by atoms with van der Waals surface area (Å²) in [6.45, 7) is 2.35. The Morgan fingerprint density at radius 1 is 1.25 bits per heavy atom. The molecule has 0 saturated heterocycles. The van der Waals surface area contributed by atoms with Crippen molar-refractivity contribution in [1.29, 1.82) is 0 Å². The molecule has 28 heavy (non-hydrogen) atoms. The number of carbonyl (C=O) groups excluding carboxylic acids is 1. The summed E-state index contributed by atoms with van der Waals surface area (Å²) in [4.78, 5) is 12.5. The zero-order valence-corrected chi connectivity index (χ0v) is 17.7. The number of hydrogen-bond acceptors (Lipinski definition) is 3. The molecule has 0 aliphatic rings. The van der Waals surface area contributed by atoms with Crippen LogP contribution in [0.1, 0.15) is 29.3 Å². The molecular weight excluding hydrogens is 481 g/mol. The third-order valence-corrected chi connectivity index (χ3v) is 4.44. The second-order valence-electron chi connectivity index (χ2n) is 5.59. The number of carbonyl (C=O) groups is 1. The Kier molecular flexibility index (Phi) is 7.68. The third kappa shape index (κ3) is 6.08. The molecule has 0 aromatic heterocycles. The van der Waals surface area contributed by atoms with E-state index in [9.17, 15) is 18.0 Å². The lowest BCUT2D eigenvalue weighted by Crippen LogP contribution is -2.34. The SMILES string of the molecule is CCCOc1ccc(Br)cc1C(=O)NC(=S)Nc1cc(C(F)(F)F)ccc1Cl. The van der Waals surface area contributed by atoms with Crippen molar-refractivity contribution in [3.63, 3.8) is 0 Å². The lowest BCUT2D eigenvalue weighted by Gasteiger charge is -2.15. The van der Waals surface area contributed by atoms with Crippen LogP contribution in [0.4, 0.5) is 18.9 Å². The molecule has 0 unspecified atom stereocenters. The van der Waals surface area contributed by atoms with E-state index in [0.29, 0.717) is 16.8 Å². The number of nitrogens with one attached hydrogen (secondary N) is 2. The van der Waals surface area contributed by atoms with E-state index in [0.717, 1.165) is 24.6 Å². The van der Waals surface area contributed by atoms with Gasteiger partial charge in [-0.25, -0.2) is 0 Å². The Bertz CT molecular complexity index is 894. The second kappa shape index (κ2) is 9.58. The normalized spacial score (nSPS) is 11.1. The first kappa shape index (κ1) is 22.4. The van der Waals surface area contributed by atoms with Crippen LogP contribution in [0.15, 0.2) is 40.9 Å². The van der Waals surface area contributed by atoms with Crippen molar-refractivity contribution in [2.45, 2.75) is 19.5 Å². The van der Waals surface area contributed by atoms with Crippen molar-refractivity contribution in [3.05, 3.63) is 57.0 Å². The first-order valence-electron chi connectivity index (χ1n) is 8.03. The summed E-state index contributed by atoms with van der Waals surface area (Å²) in [5.74, 6) is -0.213. The zero-order valence-electron chi connectivity index (χ0n) is 14.5. The fourth-order valence-corrected chi connectivity index (χ4v) is 2.87. The van der Waals surface area contributed by atoms with Crippen LogP contribution in [0.5, 0.6) is 5.75 Å². The number of anilines is 1. The van der Waals surface area contributed by atoms with E-state index in [4.69, 9.17) is 28.6 Å². The molecule has 2 N–H and O–H groups in total. The zero-order chi connectivity index (χ0) is 20.9. The first-order chi connectivity index (χ1) is 13.1. The summed E-state index contributed by atoms with van der Waals surface area (Å²) in [6, 6.07) is 7.68. The highest BCUT2D eigenvalue weighted by Gasteiger charge is 2.31. The predicted molar refractivity (Wildman–Crippen MR) is 110 cm³/mol. The van der Waals surface area contributed by atoms with Crippen LogP contribution in [-0.2, 0) is 6.18 Å². The van der Waals surface area contributed by atoms with Gasteiger partial charge in [0.25, 0.3) is 5.91 Å². The smallest absolute Gasteiger partial charge is 0.416 e. The van der Waals surface area contributed by atoms with Gasteiger partial charge in [0.05, 0.1) is 28.4 Å². The highest BCUT2D eigenvalue weighted by molar-refractivity contribution is 9.10. The number of rotatable bonds is 5. The highest BCUT2D eigenvalue weighted by Crippen LogP contribution is 2.33. The summed E-state index contributed by atoms with van der Waals surface area (Å²) in [5, 5.41) is 4.76. The van der Waals surface area contributed by atoms with Crippen molar-refractivity contribution >= 4 is 56.5 Å². The van der Waals surface area contributed by atoms with E-state index in [2.05, 4.69) is 26.6 Å². The monoisotopic (exact) mass is 494 g/mol. The average molecular weight is 496 g/mol. The standard InChI is InChI=1S/C18H15BrClF3N2O2S/c1-2-7-27-15-6-4-11(19)9-12(15)16(26)25-17(28)24-14-8-10(18(21,22)23)3-5-13(14)20/h3-6,8-9H,2,7H2,1H3,(H2,24,25,26,28). The van der Waals surface area contributed by atoms with Gasteiger partial charge in [0.2, 0.25) is 0 Å². The molecule has 0 spiro atoms. The summed E-state index contributed by atoms with van der Waals surface area (Å²) >= 11 is 14.2. The van der Waals surface area contributed by atoms with E-state index in [1.54, 1.807) is 18.2 Å². The molecule has 1 amide bonds. The molecule has 0 radical (unpaired) electrons. The van der Waals surface area contributed by atoms with Crippen LogP contribution in [0.25, 0.3) is 0 Å². The van der Waals surface area contributed by atoms with Crippen LogP contribution >= 0.6 is 39.7 Å². The number of thiocarbonyl (C=S) groups is 1. The highest BCUT2D eigenvalue weighted by atomic mass is 79.9. The topological polar surface area (TPSA) is 50.4 Å². The number of amides is 1. The van der Waals surface area contributed by atoms with Crippen molar-refractivity contribution in [2.75, 3.05) is 11.9 Å². The number of benzene rings is 2. The minimum atomic E-state index is -4.53. The van der Waals surface area contributed by atoms with Crippen LogP contribution < -0.4 is 15.4 Å². The van der Waals surface area contributed by atoms with Crippen LogP contribution in [-0.4, -0.2) is 17.6 Å². The predicted octanol–water partition coefficient (Wildman–Crippen LogP) is 6.04. The molecule has 2 aromatic carbocycles. The average Bonchev–Trinajstić information content (AvgIpc) is 2.61. The molecule has 10 heteroatoms. The first-order valence-corrected chi connectivity index (χ1v) is 9.61. The van der Waals surface area contributed by atoms with Gasteiger partial charge in [-0.2, -0.15) is 13.2 Å².